The van der Waals surface area contributed by atoms with Crippen LogP contribution in [0.2, 0.25) is 0 Å². The molecule has 8 heteroatoms. The topological polar surface area (TPSA) is 122 Å². The number of fused-ring (bicyclic) bond motifs is 1. The number of carboxylic acid groups (broad SMARTS) is 1. The van der Waals surface area contributed by atoms with Gasteiger partial charge in [0, 0.05) is 5.69 Å². The smallest absolute Gasteiger partial charge is 0.417 e. The highest BCUT2D eigenvalue weighted by atomic mass is 16.5. The molecule has 3 rings (SSSR count). The molecule has 0 bridgehead atoms. The van der Waals surface area contributed by atoms with E-state index in [0.29, 0.717) is 29.6 Å². The van der Waals surface area contributed by atoms with Gasteiger partial charge in [0.2, 0.25) is 0 Å². The van der Waals surface area contributed by atoms with Crippen LogP contribution in [-0.2, 0) is 14.3 Å². The maximum Gasteiger partial charge on any atom is 0.417 e. The fourth-order valence-corrected chi connectivity index (χ4v) is 2.26. The normalized spacial score (nSPS) is 21.5. The van der Waals surface area contributed by atoms with Crippen LogP contribution >= 0.6 is 0 Å². The number of oxazole rings is 1. The average Bonchev–Trinajstić information content (AvgIpc) is 3.03. The van der Waals surface area contributed by atoms with Crippen molar-refractivity contribution in [1.82, 2.24) is 4.98 Å². The van der Waals surface area contributed by atoms with E-state index in [1.807, 2.05) is 0 Å². The van der Waals surface area contributed by atoms with Crippen molar-refractivity contribution < 1.29 is 23.8 Å². The van der Waals surface area contributed by atoms with Crippen LogP contribution in [0.25, 0.3) is 11.1 Å². The summed E-state index contributed by atoms with van der Waals surface area (Å²) < 4.78 is 10.0. The fraction of sp³-hybridized carbons (Fsp3) is 0.308. The van der Waals surface area contributed by atoms with E-state index in [4.69, 9.17) is 14.3 Å². The number of ether oxygens (including phenoxy) is 1. The van der Waals surface area contributed by atoms with Crippen LogP contribution in [0, 0.1) is 0 Å². The third-order valence-corrected chi connectivity index (χ3v) is 3.27. The first kappa shape index (κ1) is 13.4. The molecule has 2 unspecified atom stereocenters. The number of carboxylic acids is 1. The number of hydrogen-bond donors (Lipinski definition) is 3. The lowest BCUT2D eigenvalue weighted by Gasteiger charge is -2.11. The monoisotopic (exact) mass is 292 g/mol. The van der Waals surface area contributed by atoms with Crippen LogP contribution < -0.4 is 11.1 Å². The SMILES string of the molecule is O=C(O)C1CCC(C(=O)Nc2ccc3oc(=O)[nH]c3c2)O1. The summed E-state index contributed by atoms with van der Waals surface area (Å²) in [6.45, 7) is 0. The van der Waals surface area contributed by atoms with Crippen LogP contribution in [-0.4, -0.2) is 34.2 Å². The van der Waals surface area contributed by atoms with E-state index in [1.54, 1.807) is 18.2 Å². The predicted octanol–water partition coefficient (Wildman–Crippen LogP) is 0.692. The number of rotatable bonds is 3. The summed E-state index contributed by atoms with van der Waals surface area (Å²) in [6, 6.07) is 4.70. The highest BCUT2D eigenvalue weighted by molar-refractivity contribution is 5.96. The van der Waals surface area contributed by atoms with E-state index < -0.39 is 29.8 Å². The van der Waals surface area contributed by atoms with Crippen LogP contribution in [0.4, 0.5) is 5.69 Å². The Bertz CT molecular complexity index is 761. The Kier molecular flexibility index (Phi) is 3.22. The molecule has 1 aliphatic rings. The minimum absolute atomic E-state index is 0.307. The van der Waals surface area contributed by atoms with E-state index in [9.17, 15) is 14.4 Å². The Morgan fingerprint density at radius 2 is 2.05 bits per heavy atom. The van der Waals surface area contributed by atoms with Crippen molar-refractivity contribution in [3.05, 3.63) is 28.7 Å². The fourth-order valence-electron chi connectivity index (χ4n) is 2.26. The molecular formula is C13H12N2O6. The molecule has 1 saturated heterocycles. The maximum atomic E-state index is 12.0. The average molecular weight is 292 g/mol. The zero-order chi connectivity index (χ0) is 15.0. The van der Waals surface area contributed by atoms with Crippen LogP contribution in [0.3, 0.4) is 0 Å². The predicted molar refractivity (Wildman–Crippen MR) is 71.0 cm³/mol. The molecular weight excluding hydrogens is 280 g/mol. The molecule has 2 atom stereocenters. The minimum atomic E-state index is -1.07. The molecule has 3 N–H and O–H groups in total. The molecule has 1 fully saturated rings. The van der Waals surface area contributed by atoms with Gasteiger partial charge in [0.25, 0.3) is 5.91 Å². The van der Waals surface area contributed by atoms with Gasteiger partial charge in [0.1, 0.15) is 6.10 Å². The second kappa shape index (κ2) is 5.06. The van der Waals surface area contributed by atoms with Crippen molar-refractivity contribution in [3.63, 3.8) is 0 Å². The first-order valence-corrected chi connectivity index (χ1v) is 6.35. The first-order valence-electron chi connectivity index (χ1n) is 6.35. The highest BCUT2D eigenvalue weighted by Crippen LogP contribution is 2.22. The maximum absolute atomic E-state index is 12.0. The number of nitrogens with one attached hydrogen (secondary N) is 2. The standard InChI is InChI=1S/C13H12N2O6/c16-11(9-3-4-10(20-9)12(17)18)14-6-1-2-8-7(5-6)15-13(19)21-8/h1-2,5,9-10H,3-4H2,(H,14,16)(H,15,19)(H,17,18). The number of amides is 1. The summed E-state index contributed by atoms with van der Waals surface area (Å²) in [5.74, 6) is -2.05. The van der Waals surface area contributed by atoms with Gasteiger partial charge >= 0.3 is 11.7 Å². The van der Waals surface area contributed by atoms with E-state index in [0.717, 1.165) is 0 Å². The van der Waals surface area contributed by atoms with Crippen molar-refractivity contribution in [3.8, 4) is 0 Å². The van der Waals surface area contributed by atoms with Gasteiger partial charge in [0.05, 0.1) is 5.52 Å². The lowest BCUT2D eigenvalue weighted by Crippen LogP contribution is -2.29. The molecule has 2 aromatic rings. The van der Waals surface area contributed by atoms with Crippen molar-refractivity contribution >= 4 is 28.7 Å². The quantitative estimate of drug-likeness (QED) is 0.765. The molecule has 8 nitrogen and oxygen atoms in total. The third-order valence-electron chi connectivity index (χ3n) is 3.27. The van der Waals surface area contributed by atoms with Gasteiger partial charge in [-0.2, -0.15) is 0 Å². The summed E-state index contributed by atoms with van der Waals surface area (Å²) in [4.78, 5) is 36.3. The molecule has 2 heterocycles. The van der Waals surface area contributed by atoms with Gasteiger partial charge in [0.15, 0.2) is 11.7 Å². The summed E-state index contributed by atoms with van der Waals surface area (Å²) in [5.41, 5.74) is 1.32. The van der Waals surface area contributed by atoms with Gasteiger partial charge in [-0.3, -0.25) is 9.78 Å². The largest absolute Gasteiger partial charge is 0.479 e. The Labute approximate surface area is 117 Å². The second-order valence-electron chi connectivity index (χ2n) is 4.74. The number of anilines is 1. The molecule has 110 valence electrons. The number of benzene rings is 1. The molecule has 1 aliphatic heterocycles. The molecule has 1 amide bonds. The van der Waals surface area contributed by atoms with Crippen LogP contribution in [0.1, 0.15) is 12.8 Å². The second-order valence-corrected chi connectivity index (χ2v) is 4.74. The Hall–Kier alpha value is -2.61. The number of aromatic nitrogens is 1. The van der Waals surface area contributed by atoms with Gasteiger partial charge < -0.3 is 19.6 Å². The lowest BCUT2D eigenvalue weighted by atomic mass is 10.2. The summed E-state index contributed by atoms with van der Waals surface area (Å²) in [7, 11) is 0. The number of aliphatic carboxylic acids is 1. The van der Waals surface area contributed by atoms with Crippen molar-refractivity contribution in [1.29, 1.82) is 0 Å². The van der Waals surface area contributed by atoms with E-state index >= 15 is 0 Å². The molecule has 0 spiro atoms. The van der Waals surface area contributed by atoms with Gasteiger partial charge in [-0.15, -0.1) is 0 Å². The van der Waals surface area contributed by atoms with Crippen LogP contribution in [0.15, 0.2) is 27.4 Å². The van der Waals surface area contributed by atoms with E-state index in [2.05, 4.69) is 10.3 Å². The Balaban J connectivity index is 1.71. The van der Waals surface area contributed by atoms with Gasteiger partial charge in [-0.05, 0) is 31.0 Å². The molecule has 0 aliphatic carbocycles. The number of H-pyrrole nitrogens is 1. The molecule has 1 aromatic carbocycles. The number of hydrogen-bond acceptors (Lipinski definition) is 5. The van der Waals surface area contributed by atoms with Crippen molar-refractivity contribution in [2.45, 2.75) is 25.0 Å². The van der Waals surface area contributed by atoms with Crippen molar-refractivity contribution in [2.75, 3.05) is 5.32 Å². The zero-order valence-corrected chi connectivity index (χ0v) is 10.8. The van der Waals surface area contributed by atoms with E-state index in [1.165, 1.54) is 0 Å². The zero-order valence-electron chi connectivity index (χ0n) is 10.8. The lowest BCUT2D eigenvalue weighted by molar-refractivity contribution is -0.150. The molecule has 1 aromatic heterocycles. The third kappa shape index (κ3) is 2.65. The van der Waals surface area contributed by atoms with Gasteiger partial charge in [-0.1, -0.05) is 0 Å². The van der Waals surface area contributed by atoms with Crippen LogP contribution in [0.5, 0.6) is 0 Å². The van der Waals surface area contributed by atoms with E-state index in [-0.39, 0.29) is 0 Å². The Morgan fingerprint density at radius 1 is 1.29 bits per heavy atom. The summed E-state index contributed by atoms with van der Waals surface area (Å²) in [5, 5.41) is 11.4. The molecule has 0 saturated carbocycles. The number of carbonyl (C=O) groups is 2. The molecule has 0 radical (unpaired) electrons. The summed E-state index contributed by atoms with van der Waals surface area (Å²) >= 11 is 0. The number of aromatic amines is 1. The van der Waals surface area contributed by atoms with Crippen molar-refractivity contribution in [2.24, 2.45) is 0 Å². The highest BCUT2D eigenvalue weighted by Gasteiger charge is 2.34. The first-order chi connectivity index (χ1) is 10.0. The number of carbonyl (C=O) groups excluding carboxylic acids is 1. The Morgan fingerprint density at radius 3 is 2.76 bits per heavy atom. The van der Waals surface area contributed by atoms with Gasteiger partial charge in [-0.25, -0.2) is 9.59 Å². The minimum Gasteiger partial charge on any atom is -0.479 e. The summed E-state index contributed by atoms with van der Waals surface area (Å²) in [6.07, 6.45) is -1.06. The molecule has 21 heavy (non-hydrogen) atoms.